The zero-order valence-electron chi connectivity index (χ0n) is 15.6. The SMILES string of the molecule is COc1cc(-c2ccc(C)cc2)nc2ccc(C(=O)N3CCSCC3)cc12. The van der Waals surface area contributed by atoms with E-state index in [0.717, 1.165) is 52.5 Å². The maximum absolute atomic E-state index is 12.8. The van der Waals surface area contributed by atoms with Gasteiger partial charge in [-0.1, -0.05) is 29.8 Å². The van der Waals surface area contributed by atoms with Gasteiger partial charge in [0.1, 0.15) is 5.75 Å². The standard InChI is InChI=1S/C22H22N2O2S/c1-15-3-5-16(6-4-15)20-14-21(26-2)18-13-17(7-8-19(18)23-20)22(25)24-9-11-27-12-10-24/h3-8,13-14H,9-12H2,1-2H3. The normalized spacial score (nSPS) is 14.4. The van der Waals surface area contributed by atoms with Crippen molar-refractivity contribution in [2.75, 3.05) is 31.7 Å². The Kier molecular flexibility index (Phi) is 5.03. The molecule has 3 aromatic rings. The molecule has 4 nitrogen and oxygen atoms in total. The minimum absolute atomic E-state index is 0.0851. The molecule has 0 saturated carbocycles. The van der Waals surface area contributed by atoms with E-state index in [1.807, 2.05) is 40.9 Å². The maximum atomic E-state index is 12.8. The van der Waals surface area contributed by atoms with Gasteiger partial charge in [0.05, 0.1) is 18.3 Å². The smallest absolute Gasteiger partial charge is 0.253 e. The number of ether oxygens (including phenoxy) is 1. The lowest BCUT2D eigenvalue weighted by molar-refractivity contribution is 0.0772. The number of aromatic nitrogens is 1. The first-order valence-electron chi connectivity index (χ1n) is 9.08. The van der Waals surface area contributed by atoms with Crippen LogP contribution in [0.2, 0.25) is 0 Å². The van der Waals surface area contributed by atoms with Crippen LogP contribution >= 0.6 is 11.8 Å². The molecule has 138 valence electrons. The van der Waals surface area contributed by atoms with Crippen LogP contribution in [0.3, 0.4) is 0 Å². The monoisotopic (exact) mass is 378 g/mol. The molecule has 1 amide bonds. The fourth-order valence-electron chi connectivity index (χ4n) is 3.32. The van der Waals surface area contributed by atoms with Gasteiger partial charge in [-0.3, -0.25) is 4.79 Å². The van der Waals surface area contributed by atoms with Crippen molar-refractivity contribution in [2.24, 2.45) is 0 Å². The molecular formula is C22H22N2O2S. The number of benzene rings is 2. The number of thioether (sulfide) groups is 1. The Balaban J connectivity index is 1.74. The predicted octanol–water partition coefficient (Wildman–Crippen LogP) is 4.41. The number of pyridine rings is 1. The third-order valence-corrected chi connectivity index (χ3v) is 5.83. The van der Waals surface area contributed by atoms with E-state index in [2.05, 4.69) is 31.2 Å². The highest BCUT2D eigenvalue weighted by molar-refractivity contribution is 7.99. The molecule has 1 aliphatic heterocycles. The Labute approximate surface area is 163 Å². The van der Waals surface area contributed by atoms with Gasteiger partial charge in [-0.15, -0.1) is 0 Å². The Morgan fingerprint density at radius 3 is 2.52 bits per heavy atom. The van der Waals surface area contributed by atoms with Crippen molar-refractivity contribution < 1.29 is 9.53 Å². The van der Waals surface area contributed by atoms with E-state index in [9.17, 15) is 4.79 Å². The van der Waals surface area contributed by atoms with Crippen LogP contribution < -0.4 is 4.74 Å². The number of methoxy groups -OCH3 is 1. The molecule has 1 saturated heterocycles. The highest BCUT2D eigenvalue weighted by Gasteiger charge is 2.19. The number of carbonyl (C=O) groups excluding carboxylic acids is 1. The van der Waals surface area contributed by atoms with Crippen LogP contribution in [0.4, 0.5) is 0 Å². The van der Waals surface area contributed by atoms with Crippen molar-refractivity contribution in [1.29, 1.82) is 0 Å². The molecule has 5 heteroatoms. The fraction of sp³-hybridized carbons (Fsp3) is 0.273. The summed E-state index contributed by atoms with van der Waals surface area (Å²) in [5, 5.41) is 0.866. The highest BCUT2D eigenvalue weighted by Crippen LogP contribution is 2.31. The molecule has 2 aromatic carbocycles. The van der Waals surface area contributed by atoms with E-state index < -0.39 is 0 Å². The summed E-state index contributed by atoms with van der Waals surface area (Å²) in [7, 11) is 1.66. The second kappa shape index (κ2) is 7.61. The lowest BCUT2D eigenvalue weighted by atomic mass is 10.0. The second-order valence-electron chi connectivity index (χ2n) is 6.71. The molecule has 0 atom stereocenters. The molecule has 1 fully saturated rings. The first kappa shape index (κ1) is 17.9. The summed E-state index contributed by atoms with van der Waals surface area (Å²) in [4.78, 5) is 19.5. The van der Waals surface area contributed by atoms with Crippen LogP contribution in [0.5, 0.6) is 5.75 Å². The highest BCUT2D eigenvalue weighted by atomic mass is 32.2. The number of carbonyl (C=O) groups is 1. The zero-order chi connectivity index (χ0) is 18.8. The number of fused-ring (bicyclic) bond motifs is 1. The van der Waals surface area contributed by atoms with Gasteiger partial charge < -0.3 is 9.64 Å². The van der Waals surface area contributed by atoms with Crippen LogP contribution in [0.25, 0.3) is 22.2 Å². The fourth-order valence-corrected chi connectivity index (χ4v) is 4.22. The average molecular weight is 378 g/mol. The molecule has 0 unspecified atom stereocenters. The van der Waals surface area contributed by atoms with E-state index in [4.69, 9.17) is 9.72 Å². The van der Waals surface area contributed by atoms with E-state index in [1.165, 1.54) is 5.56 Å². The van der Waals surface area contributed by atoms with Gasteiger partial charge in [-0.05, 0) is 25.1 Å². The zero-order valence-corrected chi connectivity index (χ0v) is 16.4. The summed E-state index contributed by atoms with van der Waals surface area (Å²) < 4.78 is 5.63. The Hall–Kier alpha value is -2.53. The van der Waals surface area contributed by atoms with Crippen molar-refractivity contribution in [1.82, 2.24) is 9.88 Å². The molecule has 0 spiro atoms. The van der Waals surface area contributed by atoms with Crippen LogP contribution in [0, 0.1) is 6.92 Å². The van der Waals surface area contributed by atoms with E-state index in [0.29, 0.717) is 5.56 Å². The van der Waals surface area contributed by atoms with Crippen LogP contribution in [-0.2, 0) is 0 Å². The van der Waals surface area contributed by atoms with Crippen LogP contribution in [0.15, 0.2) is 48.5 Å². The van der Waals surface area contributed by atoms with Gasteiger partial charge in [0.25, 0.3) is 5.91 Å². The lowest BCUT2D eigenvalue weighted by Gasteiger charge is -2.26. The number of hydrogen-bond donors (Lipinski definition) is 0. The van der Waals surface area contributed by atoms with E-state index in [-0.39, 0.29) is 5.91 Å². The summed E-state index contributed by atoms with van der Waals surface area (Å²) in [6, 6.07) is 15.9. The molecule has 0 radical (unpaired) electrons. The Morgan fingerprint density at radius 1 is 1.07 bits per heavy atom. The van der Waals surface area contributed by atoms with Crippen molar-refractivity contribution in [3.63, 3.8) is 0 Å². The van der Waals surface area contributed by atoms with Gasteiger partial charge in [0.15, 0.2) is 0 Å². The second-order valence-corrected chi connectivity index (χ2v) is 7.94. The minimum atomic E-state index is 0.0851. The molecule has 4 rings (SSSR count). The number of rotatable bonds is 3. The Morgan fingerprint density at radius 2 is 1.81 bits per heavy atom. The van der Waals surface area contributed by atoms with Crippen molar-refractivity contribution in [2.45, 2.75) is 6.92 Å². The summed E-state index contributed by atoms with van der Waals surface area (Å²) >= 11 is 1.90. The first-order chi connectivity index (χ1) is 13.2. The van der Waals surface area contributed by atoms with Crippen molar-refractivity contribution in [3.8, 4) is 17.0 Å². The van der Waals surface area contributed by atoms with Crippen LogP contribution in [0.1, 0.15) is 15.9 Å². The predicted molar refractivity (Wildman–Crippen MR) is 112 cm³/mol. The van der Waals surface area contributed by atoms with Crippen molar-refractivity contribution >= 4 is 28.6 Å². The molecule has 2 heterocycles. The third kappa shape index (κ3) is 3.65. The molecule has 0 N–H and O–H groups in total. The summed E-state index contributed by atoms with van der Waals surface area (Å²) in [5.74, 6) is 2.83. The van der Waals surface area contributed by atoms with Gasteiger partial charge in [-0.25, -0.2) is 4.98 Å². The van der Waals surface area contributed by atoms with Gasteiger partial charge >= 0.3 is 0 Å². The Bertz CT molecular complexity index is 980. The number of nitrogens with zero attached hydrogens (tertiary/aromatic N) is 2. The summed E-state index contributed by atoms with van der Waals surface area (Å²) in [6.45, 7) is 3.68. The molecule has 1 aliphatic rings. The lowest BCUT2D eigenvalue weighted by Crippen LogP contribution is -2.37. The van der Waals surface area contributed by atoms with Gasteiger partial charge in [0, 0.05) is 47.2 Å². The van der Waals surface area contributed by atoms with E-state index >= 15 is 0 Å². The minimum Gasteiger partial charge on any atom is -0.496 e. The third-order valence-electron chi connectivity index (χ3n) is 4.88. The summed E-state index contributed by atoms with van der Waals surface area (Å²) in [5.41, 5.74) is 4.65. The number of aryl methyl sites for hydroxylation is 1. The van der Waals surface area contributed by atoms with E-state index in [1.54, 1.807) is 7.11 Å². The molecule has 0 bridgehead atoms. The molecule has 0 aliphatic carbocycles. The number of amides is 1. The van der Waals surface area contributed by atoms with Crippen molar-refractivity contribution in [3.05, 3.63) is 59.7 Å². The van der Waals surface area contributed by atoms with Gasteiger partial charge in [0.2, 0.25) is 0 Å². The quantitative estimate of drug-likeness (QED) is 0.677. The van der Waals surface area contributed by atoms with Crippen LogP contribution in [-0.4, -0.2) is 47.5 Å². The average Bonchev–Trinajstić information content (AvgIpc) is 2.73. The number of hydrogen-bond acceptors (Lipinski definition) is 4. The topological polar surface area (TPSA) is 42.4 Å². The molecular weight excluding hydrogens is 356 g/mol. The maximum Gasteiger partial charge on any atom is 0.253 e. The molecule has 1 aromatic heterocycles. The molecule has 27 heavy (non-hydrogen) atoms. The summed E-state index contributed by atoms with van der Waals surface area (Å²) in [6.07, 6.45) is 0. The first-order valence-corrected chi connectivity index (χ1v) is 10.2. The largest absolute Gasteiger partial charge is 0.496 e. The van der Waals surface area contributed by atoms with Gasteiger partial charge in [-0.2, -0.15) is 11.8 Å².